The molecule has 0 aliphatic carbocycles. The van der Waals surface area contributed by atoms with Gasteiger partial charge in [-0.3, -0.25) is 4.79 Å². The molecule has 1 aliphatic rings. The largest absolute Gasteiger partial charge is 0.495 e. The molecular formula is C12H15ClN2O2. The molecule has 17 heavy (non-hydrogen) atoms. The molecule has 0 radical (unpaired) electrons. The third-order valence-corrected chi connectivity index (χ3v) is 3.22. The quantitative estimate of drug-likeness (QED) is 0.876. The summed E-state index contributed by atoms with van der Waals surface area (Å²) < 4.78 is 5.08. The lowest BCUT2D eigenvalue weighted by atomic mass is 10.0. The Labute approximate surface area is 105 Å². The lowest BCUT2D eigenvalue weighted by Crippen LogP contribution is -2.48. The molecule has 1 unspecified atom stereocenters. The standard InChI is InChI=1S/C12H15ClN2O2/c1-17-11-5-4-8(7-9(11)13)15-6-2-3-10(14)12(15)16/h4-5,7,10H,2-3,6,14H2,1H3. The molecule has 1 aromatic rings. The number of anilines is 1. The van der Waals surface area contributed by atoms with Crippen LogP contribution in [0.25, 0.3) is 0 Å². The number of piperidine rings is 1. The van der Waals surface area contributed by atoms with Crippen molar-refractivity contribution in [2.45, 2.75) is 18.9 Å². The fourth-order valence-electron chi connectivity index (χ4n) is 1.98. The van der Waals surface area contributed by atoms with Crippen molar-refractivity contribution >= 4 is 23.2 Å². The van der Waals surface area contributed by atoms with Crippen molar-refractivity contribution in [1.29, 1.82) is 0 Å². The van der Waals surface area contributed by atoms with Gasteiger partial charge in [-0.05, 0) is 31.0 Å². The minimum Gasteiger partial charge on any atom is -0.495 e. The average molecular weight is 255 g/mol. The van der Waals surface area contributed by atoms with Crippen molar-refractivity contribution in [2.24, 2.45) is 5.73 Å². The summed E-state index contributed by atoms with van der Waals surface area (Å²) in [6.07, 6.45) is 1.66. The zero-order valence-corrected chi connectivity index (χ0v) is 10.4. The first kappa shape index (κ1) is 12.2. The van der Waals surface area contributed by atoms with Gasteiger partial charge in [-0.25, -0.2) is 0 Å². The van der Waals surface area contributed by atoms with E-state index in [-0.39, 0.29) is 5.91 Å². The number of nitrogens with two attached hydrogens (primary N) is 1. The van der Waals surface area contributed by atoms with Crippen LogP contribution in [0.1, 0.15) is 12.8 Å². The van der Waals surface area contributed by atoms with E-state index in [2.05, 4.69) is 0 Å². The number of amides is 1. The molecule has 2 N–H and O–H groups in total. The highest BCUT2D eigenvalue weighted by molar-refractivity contribution is 6.32. The smallest absolute Gasteiger partial charge is 0.243 e. The van der Waals surface area contributed by atoms with Crippen LogP contribution in [0.15, 0.2) is 18.2 Å². The highest BCUT2D eigenvalue weighted by Gasteiger charge is 2.26. The van der Waals surface area contributed by atoms with E-state index in [9.17, 15) is 4.79 Å². The maximum absolute atomic E-state index is 11.9. The first-order chi connectivity index (χ1) is 8.13. The van der Waals surface area contributed by atoms with Crippen molar-refractivity contribution in [3.8, 4) is 5.75 Å². The Morgan fingerprint density at radius 1 is 1.53 bits per heavy atom. The van der Waals surface area contributed by atoms with E-state index in [1.807, 2.05) is 6.07 Å². The van der Waals surface area contributed by atoms with E-state index >= 15 is 0 Å². The molecule has 4 nitrogen and oxygen atoms in total. The lowest BCUT2D eigenvalue weighted by molar-refractivity contribution is -0.120. The van der Waals surface area contributed by atoms with Crippen LogP contribution in [0.4, 0.5) is 5.69 Å². The molecule has 1 fully saturated rings. The van der Waals surface area contributed by atoms with Gasteiger partial charge >= 0.3 is 0 Å². The molecule has 5 heteroatoms. The molecule has 1 aliphatic heterocycles. The van der Waals surface area contributed by atoms with Gasteiger partial charge in [0.1, 0.15) is 5.75 Å². The zero-order valence-electron chi connectivity index (χ0n) is 9.65. The van der Waals surface area contributed by atoms with Crippen LogP contribution in [-0.4, -0.2) is 25.6 Å². The second kappa shape index (κ2) is 4.94. The average Bonchev–Trinajstić information content (AvgIpc) is 2.32. The predicted molar refractivity (Wildman–Crippen MR) is 67.6 cm³/mol. The van der Waals surface area contributed by atoms with Gasteiger partial charge in [0.25, 0.3) is 0 Å². The molecule has 0 aromatic heterocycles. The van der Waals surface area contributed by atoms with Gasteiger partial charge in [-0.1, -0.05) is 11.6 Å². The Balaban J connectivity index is 2.27. The molecule has 2 rings (SSSR count). The predicted octanol–water partition coefficient (Wildman–Crippen LogP) is 1.80. The van der Waals surface area contributed by atoms with Crippen LogP contribution in [-0.2, 0) is 4.79 Å². The summed E-state index contributed by atoms with van der Waals surface area (Å²) in [5.74, 6) is 0.557. The summed E-state index contributed by atoms with van der Waals surface area (Å²) in [5.41, 5.74) is 6.53. The number of benzene rings is 1. The topological polar surface area (TPSA) is 55.6 Å². The SMILES string of the molecule is COc1ccc(N2CCCC(N)C2=O)cc1Cl. The summed E-state index contributed by atoms with van der Waals surface area (Å²) >= 11 is 6.04. The molecule has 1 saturated heterocycles. The van der Waals surface area contributed by atoms with Crippen molar-refractivity contribution in [1.82, 2.24) is 0 Å². The van der Waals surface area contributed by atoms with Gasteiger partial charge in [0.05, 0.1) is 18.2 Å². The molecule has 0 spiro atoms. The van der Waals surface area contributed by atoms with Gasteiger partial charge in [-0.15, -0.1) is 0 Å². The number of carbonyl (C=O) groups excluding carboxylic acids is 1. The van der Waals surface area contributed by atoms with Gasteiger partial charge in [0.2, 0.25) is 5.91 Å². The number of rotatable bonds is 2. The number of hydrogen-bond donors (Lipinski definition) is 1. The first-order valence-electron chi connectivity index (χ1n) is 5.54. The van der Waals surface area contributed by atoms with Crippen molar-refractivity contribution in [2.75, 3.05) is 18.6 Å². The van der Waals surface area contributed by atoms with Crippen LogP contribution >= 0.6 is 11.6 Å². The van der Waals surface area contributed by atoms with Gasteiger partial charge in [0, 0.05) is 12.2 Å². The number of nitrogens with zero attached hydrogens (tertiary/aromatic N) is 1. The molecule has 92 valence electrons. The number of methoxy groups -OCH3 is 1. The van der Waals surface area contributed by atoms with Gasteiger partial charge in [-0.2, -0.15) is 0 Å². The molecule has 1 heterocycles. The number of halogens is 1. The van der Waals surface area contributed by atoms with Crippen LogP contribution < -0.4 is 15.4 Å². The fourth-order valence-corrected chi connectivity index (χ4v) is 2.23. The fraction of sp³-hybridized carbons (Fsp3) is 0.417. The van der Waals surface area contributed by atoms with Crippen LogP contribution in [0, 0.1) is 0 Å². The van der Waals surface area contributed by atoms with E-state index in [1.54, 1.807) is 24.1 Å². The molecule has 0 bridgehead atoms. The van der Waals surface area contributed by atoms with Crippen molar-refractivity contribution < 1.29 is 9.53 Å². The highest BCUT2D eigenvalue weighted by atomic mass is 35.5. The maximum atomic E-state index is 11.9. The van der Waals surface area contributed by atoms with E-state index in [1.165, 1.54) is 0 Å². The summed E-state index contributed by atoms with van der Waals surface area (Å²) in [6.45, 7) is 0.690. The van der Waals surface area contributed by atoms with Crippen LogP contribution in [0.5, 0.6) is 5.75 Å². The maximum Gasteiger partial charge on any atom is 0.243 e. The number of ether oxygens (including phenoxy) is 1. The van der Waals surface area contributed by atoms with Crippen molar-refractivity contribution in [3.05, 3.63) is 23.2 Å². The molecular weight excluding hydrogens is 240 g/mol. The minimum atomic E-state index is -0.398. The molecule has 0 saturated carbocycles. The third-order valence-electron chi connectivity index (χ3n) is 2.93. The number of carbonyl (C=O) groups is 1. The van der Waals surface area contributed by atoms with E-state index in [4.69, 9.17) is 22.1 Å². The van der Waals surface area contributed by atoms with E-state index in [0.717, 1.165) is 18.5 Å². The highest BCUT2D eigenvalue weighted by Crippen LogP contribution is 2.30. The second-order valence-corrected chi connectivity index (χ2v) is 4.46. The van der Waals surface area contributed by atoms with Crippen molar-refractivity contribution in [3.63, 3.8) is 0 Å². The molecule has 1 aromatic carbocycles. The van der Waals surface area contributed by atoms with Crippen LogP contribution in [0.3, 0.4) is 0 Å². The molecule has 1 atom stereocenters. The Bertz CT molecular complexity index is 437. The Kier molecular flexibility index (Phi) is 3.54. The second-order valence-electron chi connectivity index (χ2n) is 4.06. The van der Waals surface area contributed by atoms with E-state index < -0.39 is 6.04 Å². The summed E-state index contributed by atoms with van der Waals surface area (Å²) in [7, 11) is 1.56. The minimum absolute atomic E-state index is 0.0440. The monoisotopic (exact) mass is 254 g/mol. The Hall–Kier alpha value is -1.26. The van der Waals surface area contributed by atoms with Gasteiger partial charge in [0.15, 0.2) is 0 Å². The first-order valence-corrected chi connectivity index (χ1v) is 5.92. The lowest BCUT2D eigenvalue weighted by Gasteiger charge is -2.30. The normalized spacial score (nSPS) is 20.5. The summed E-state index contributed by atoms with van der Waals surface area (Å²) in [4.78, 5) is 13.6. The summed E-state index contributed by atoms with van der Waals surface area (Å²) in [6, 6.07) is 4.91. The van der Waals surface area contributed by atoms with E-state index in [0.29, 0.717) is 17.3 Å². The number of hydrogen-bond acceptors (Lipinski definition) is 3. The Morgan fingerprint density at radius 2 is 2.29 bits per heavy atom. The summed E-state index contributed by atoms with van der Waals surface area (Å²) in [5, 5.41) is 0.497. The zero-order chi connectivity index (χ0) is 12.4. The van der Waals surface area contributed by atoms with Gasteiger partial charge < -0.3 is 15.4 Å². The Morgan fingerprint density at radius 3 is 2.94 bits per heavy atom. The molecule has 1 amide bonds. The third kappa shape index (κ3) is 2.37. The van der Waals surface area contributed by atoms with Crippen LogP contribution in [0.2, 0.25) is 5.02 Å².